The average Bonchev–Trinajstić information content (AvgIpc) is 2.63. The Labute approximate surface area is 153 Å². The Balaban J connectivity index is 1.68. The molecule has 0 fully saturated rings. The summed E-state index contributed by atoms with van der Waals surface area (Å²) in [5.41, 5.74) is 1.18. The number of hydrogen-bond donors (Lipinski definition) is 1. The minimum absolute atomic E-state index is 0.0961. The lowest BCUT2D eigenvalue weighted by Gasteiger charge is -2.10. The van der Waals surface area contributed by atoms with Crippen LogP contribution < -0.4 is 9.47 Å². The molecule has 0 spiro atoms. The number of halogens is 1. The van der Waals surface area contributed by atoms with Gasteiger partial charge in [0.1, 0.15) is 29.4 Å². The van der Waals surface area contributed by atoms with Crippen LogP contribution in [0.1, 0.15) is 15.9 Å². The molecule has 0 atom stereocenters. The van der Waals surface area contributed by atoms with Crippen molar-refractivity contribution < 1.29 is 19.4 Å². The smallest absolute Gasteiger partial charge is 0.339 e. The Kier molecular flexibility index (Phi) is 5.36. The molecule has 126 valence electrons. The molecule has 0 radical (unpaired) electrons. The van der Waals surface area contributed by atoms with Crippen molar-refractivity contribution in [2.75, 3.05) is 0 Å². The van der Waals surface area contributed by atoms with Gasteiger partial charge >= 0.3 is 5.97 Å². The summed E-state index contributed by atoms with van der Waals surface area (Å²) in [6, 6.07) is 21.8. The van der Waals surface area contributed by atoms with E-state index in [0.29, 0.717) is 22.6 Å². The molecule has 0 unspecified atom stereocenters. The molecule has 0 heterocycles. The second-order valence-electron chi connectivity index (χ2n) is 5.29. The molecule has 0 aliphatic rings. The van der Waals surface area contributed by atoms with E-state index in [1.807, 2.05) is 30.3 Å². The monoisotopic (exact) mass is 398 g/mol. The molecule has 3 aromatic carbocycles. The second kappa shape index (κ2) is 7.85. The molecule has 0 bridgehead atoms. The van der Waals surface area contributed by atoms with Gasteiger partial charge in [0.2, 0.25) is 0 Å². The predicted octanol–water partition coefficient (Wildman–Crippen LogP) is 5.52. The molecule has 0 aliphatic carbocycles. The van der Waals surface area contributed by atoms with Crippen LogP contribution in [-0.4, -0.2) is 11.1 Å². The maximum atomic E-state index is 11.3. The highest BCUT2D eigenvalue weighted by Gasteiger charge is 2.12. The van der Waals surface area contributed by atoms with E-state index >= 15 is 0 Å². The molecule has 0 amide bonds. The molecule has 0 saturated carbocycles. The first-order chi connectivity index (χ1) is 12.1. The first-order valence-electron chi connectivity index (χ1n) is 7.59. The lowest BCUT2D eigenvalue weighted by Crippen LogP contribution is -2.00. The van der Waals surface area contributed by atoms with Crippen molar-refractivity contribution in [3.63, 3.8) is 0 Å². The highest BCUT2D eigenvalue weighted by atomic mass is 79.9. The van der Waals surface area contributed by atoms with Gasteiger partial charge in [0, 0.05) is 4.47 Å². The third-order valence-corrected chi connectivity index (χ3v) is 3.97. The third-order valence-electron chi connectivity index (χ3n) is 3.47. The van der Waals surface area contributed by atoms with Crippen LogP contribution in [-0.2, 0) is 6.61 Å². The number of benzene rings is 3. The fraction of sp³-hybridized carbons (Fsp3) is 0.0500. The summed E-state index contributed by atoms with van der Waals surface area (Å²) in [6.07, 6.45) is 0. The van der Waals surface area contributed by atoms with Crippen molar-refractivity contribution in [3.8, 4) is 17.2 Å². The van der Waals surface area contributed by atoms with E-state index in [-0.39, 0.29) is 11.3 Å². The maximum Gasteiger partial charge on any atom is 0.339 e. The van der Waals surface area contributed by atoms with Gasteiger partial charge in [0.25, 0.3) is 0 Å². The molecule has 1 N–H and O–H groups in total. The van der Waals surface area contributed by atoms with Gasteiger partial charge in [-0.25, -0.2) is 4.79 Å². The van der Waals surface area contributed by atoms with Crippen molar-refractivity contribution in [2.24, 2.45) is 0 Å². The number of carbonyl (C=O) groups is 1. The summed E-state index contributed by atoms with van der Waals surface area (Å²) >= 11 is 3.26. The lowest BCUT2D eigenvalue weighted by atomic mass is 10.2. The standard InChI is InChI=1S/C20H15BrO4/c21-15-6-11-19(18(12-15)20(22)23)25-17-9-7-16(8-10-17)24-13-14-4-2-1-3-5-14/h1-12H,13H2,(H,22,23). The van der Waals surface area contributed by atoms with Crippen LogP contribution >= 0.6 is 15.9 Å². The lowest BCUT2D eigenvalue weighted by molar-refractivity contribution is 0.0694. The number of ether oxygens (including phenoxy) is 2. The Hall–Kier alpha value is -2.79. The summed E-state index contributed by atoms with van der Waals surface area (Å²) < 4.78 is 12.1. The summed E-state index contributed by atoms with van der Waals surface area (Å²) in [5.74, 6) is 0.495. The average molecular weight is 399 g/mol. The van der Waals surface area contributed by atoms with Crippen LogP contribution in [0.15, 0.2) is 77.3 Å². The van der Waals surface area contributed by atoms with Crippen molar-refractivity contribution in [1.82, 2.24) is 0 Å². The summed E-state index contributed by atoms with van der Waals surface area (Å²) in [4.78, 5) is 11.3. The molecular formula is C20H15BrO4. The number of rotatable bonds is 6. The van der Waals surface area contributed by atoms with E-state index in [4.69, 9.17) is 9.47 Å². The summed E-state index contributed by atoms with van der Waals surface area (Å²) in [6.45, 7) is 0.483. The Morgan fingerprint density at radius 2 is 1.60 bits per heavy atom. The van der Waals surface area contributed by atoms with Crippen molar-refractivity contribution in [2.45, 2.75) is 6.61 Å². The number of carboxylic acid groups (broad SMARTS) is 1. The minimum atomic E-state index is -1.04. The first kappa shape index (κ1) is 17.0. The van der Waals surface area contributed by atoms with Gasteiger partial charge in [-0.1, -0.05) is 46.3 Å². The topological polar surface area (TPSA) is 55.8 Å². The first-order valence-corrected chi connectivity index (χ1v) is 8.38. The van der Waals surface area contributed by atoms with Gasteiger partial charge < -0.3 is 14.6 Å². The van der Waals surface area contributed by atoms with Gasteiger partial charge in [0.05, 0.1) is 0 Å². The van der Waals surface area contributed by atoms with E-state index in [0.717, 1.165) is 5.56 Å². The zero-order valence-electron chi connectivity index (χ0n) is 13.2. The maximum absolute atomic E-state index is 11.3. The van der Waals surface area contributed by atoms with Crippen LogP contribution in [0, 0.1) is 0 Å². The summed E-state index contributed by atoms with van der Waals surface area (Å²) in [7, 11) is 0. The van der Waals surface area contributed by atoms with Crippen molar-refractivity contribution >= 4 is 21.9 Å². The third kappa shape index (κ3) is 4.61. The van der Waals surface area contributed by atoms with Gasteiger partial charge in [-0.3, -0.25) is 0 Å². The van der Waals surface area contributed by atoms with Crippen LogP contribution in [0.3, 0.4) is 0 Å². The van der Waals surface area contributed by atoms with E-state index in [1.165, 1.54) is 6.07 Å². The second-order valence-corrected chi connectivity index (χ2v) is 6.21. The van der Waals surface area contributed by atoms with Gasteiger partial charge in [0.15, 0.2) is 0 Å². The molecule has 0 saturated heterocycles. The van der Waals surface area contributed by atoms with E-state index in [1.54, 1.807) is 36.4 Å². The Morgan fingerprint density at radius 3 is 2.28 bits per heavy atom. The zero-order chi connectivity index (χ0) is 17.6. The SMILES string of the molecule is O=C(O)c1cc(Br)ccc1Oc1ccc(OCc2ccccc2)cc1. The van der Waals surface area contributed by atoms with Crippen LogP contribution in [0.2, 0.25) is 0 Å². The molecule has 3 aromatic rings. The summed E-state index contributed by atoms with van der Waals surface area (Å²) in [5, 5.41) is 9.27. The number of aromatic carboxylic acids is 1. The van der Waals surface area contributed by atoms with Crippen LogP contribution in [0.5, 0.6) is 17.2 Å². The normalized spacial score (nSPS) is 10.3. The molecule has 5 heteroatoms. The van der Waals surface area contributed by atoms with Crippen LogP contribution in [0.4, 0.5) is 0 Å². The van der Waals surface area contributed by atoms with Crippen molar-refractivity contribution in [1.29, 1.82) is 0 Å². The fourth-order valence-electron chi connectivity index (χ4n) is 2.23. The van der Waals surface area contributed by atoms with Crippen LogP contribution in [0.25, 0.3) is 0 Å². The molecule has 4 nitrogen and oxygen atoms in total. The highest BCUT2D eigenvalue weighted by molar-refractivity contribution is 9.10. The Bertz CT molecular complexity index is 861. The molecular weight excluding hydrogens is 384 g/mol. The van der Waals surface area contributed by atoms with Gasteiger partial charge in [-0.05, 0) is 48.0 Å². The van der Waals surface area contributed by atoms with E-state index < -0.39 is 5.97 Å². The zero-order valence-corrected chi connectivity index (χ0v) is 14.8. The van der Waals surface area contributed by atoms with Gasteiger partial charge in [-0.15, -0.1) is 0 Å². The molecule has 0 aromatic heterocycles. The predicted molar refractivity (Wildman–Crippen MR) is 98.4 cm³/mol. The molecule has 0 aliphatic heterocycles. The largest absolute Gasteiger partial charge is 0.489 e. The fourth-order valence-corrected chi connectivity index (χ4v) is 2.59. The highest BCUT2D eigenvalue weighted by Crippen LogP contribution is 2.29. The van der Waals surface area contributed by atoms with E-state index in [2.05, 4.69) is 15.9 Å². The molecule has 3 rings (SSSR count). The minimum Gasteiger partial charge on any atom is -0.489 e. The van der Waals surface area contributed by atoms with E-state index in [9.17, 15) is 9.90 Å². The Morgan fingerprint density at radius 1 is 0.920 bits per heavy atom. The van der Waals surface area contributed by atoms with Gasteiger partial charge in [-0.2, -0.15) is 0 Å². The number of carboxylic acids is 1. The quantitative estimate of drug-likeness (QED) is 0.593. The number of hydrogen-bond acceptors (Lipinski definition) is 3. The van der Waals surface area contributed by atoms with Crippen molar-refractivity contribution in [3.05, 3.63) is 88.4 Å². The molecule has 25 heavy (non-hydrogen) atoms.